The highest BCUT2D eigenvalue weighted by molar-refractivity contribution is 7.71. The normalized spacial score (nSPS) is 10.8. The zero-order chi connectivity index (χ0) is 21.8. The Bertz CT molecular complexity index is 1290. The van der Waals surface area contributed by atoms with Gasteiger partial charge in [-0.1, -0.05) is 54.7 Å². The molecule has 2 aromatic carbocycles. The first-order valence-electron chi connectivity index (χ1n) is 9.59. The van der Waals surface area contributed by atoms with Crippen LogP contribution in [0.2, 0.25) is 0 Å². The van der Waals surface area contributed by atoms with Gasteiger partial charge in [0.15, 0.2) is 11.4 Å². The molecule has 2 heterocycles. The highest BCUT2D eigenvalue weighted by Gasteiger charge is 2.20. The van der Waals surface area contributed by atoms with E-state index in [0.717, 1.165) is 16.7 Å². The molecule has 0 amide bonds. The molecule has 0 radical (unpaired) electrons. The summed E-state index contributed by atoms with van der Waals surface area (Å²) in [6.45, 7) is 0.254. The Morgan fingerprint density at radius 2 is 1.81 bits per heavy atom. The first-order valence-corrected chi connectivity index (χ1v) is 10.0. The molecule has 4 rings (SSSR count). The molecule has 1 N–H and O–H groups in total. The van der Waals surface area contributed by atoms with Gasteiger partial charge in [0.1, 0.15) is 22.6 Å². The van der Waals surface area contributed by atoms with E-state index in [2.05, 4.69) is 9.97 Å². The summed E-state index contributed by atoms with van der Waals surface area (Å²) in [7, 11) is 1.30. The zero-order valence-electron chi connectivity index (χ0n) is 16.7. The lowest BCUT2D eigenvalue weighted by Gasteiger charge is -2.14. The average molecular weight is 434 g/mol. The fourth-order valence-corrected chi connectivity index (χ4v) is 3.53. The number of nitrogens with zero attached hydrogens (tertiary/aromatic N) is 1. The van der Waals surface area contributed by atoms with Crippen LogP contribution >= 0.6 is 12.2 Å². The Morgan fingerprint density at radius 3 is 2.52 bits per heavy atom. The maximum absolute atomic E-state index is 13.2. The van der Waals surface area contributed by atoms with Crippen molar-refractivity contribution in [2.24, 2.45) is 0 Å². The van der Waals surface area contributed by atoms with Gasteiger partial charge in [-0.25, -0.2) is 9.18 Å². The summed E-state index contributed by atoms with van der Waals surface area (Å²) in [5.41, 5.74) is 3.39. The molecule has 0 bridgehead atoms. The number of aromatic nitrogens is 2. The smallest absolute Gasteiger partial charge is 0.358 e. The number of H-pyrrole nitrogens is 1. The number of hydrogen-bond donors (Lipinski definition) is 1. The summed E-state index contributed by atoms with van der Waals surface area (Å²) >= 11 is 5.48. The summed E-state index contributed by atoms with van der Waals surface area (Å²) in [5.74, 6) is -0.584. The summed E-state index contributed by atoms with van der Waals surface area (Å²) in [6, 6.07) is 17.8. The van der Waals surface area contributed by atoms with Crippen LogP contribution in [0.1, 0.15) is 27.2 Å². The van der Waals surface area contributed by atoms with Gasteiger partial charge in [0, 0.05) is 11.6 Å². The van der Waals surface area contributed by atoms with Crippen LogP contribution in [0, 0.1) is 10.5 Å². The molecule has 0 spiro atoms. The minimum Gasteiger partial charge on any atom is -0.484 e. The summed E-state index contributed by atoms with van der Waals surface area (Å²) in [4.78, 5) is 19.8. The molecule has 2 aromatic heterocycles. The fraction of sp³-hybridized carbons (Fsp3) is 0.125. The number of halogens is 1. The predicted molar refractivity (Wildman–Crippen MR) is 118 cm³/mol. The molecule has 0 fully saturated rings. The minimum atomic E-state index is -0.590. The number of pyridine rings is 2. The van der Waals surface area contributed by atoms with Gasteiger partial charge >= 0.3 is 5.97 Å². The molecule has 31 heavy (non-hydrogen) atoms. The Balaban J connectivity index is 1.75. The van der Waals surface area contributed by atoms with Crippen molar-refractivity contribution in [1.29, 1.82) is 0 Å². The average Bonchev–Trinajstić information content (AvgIpc) is 2.80. The Morgan fingerprint density at radius 1 is 1.06 bits per heavy atom. The quantitative estimate of drug-likeness (QED) is 0.326. The molecule has 0 unspecified atom stereocenters. The molecule has 0 saturated heterocycles. The van der Waals surface area contributed by atoms with E-state index in [-0.39, 0.29) is 23.9 Å². The van der Waals surface area contributed by atoms with E-state index in [4.69, 9.17) is 21.7 Å². The van der Waals surface area contributed by atoms with Crippen LogP contribution in [0.5, 0.6) is 5.75 Å². The van der Waals surface area contributed by atoms with E-state index in [0.29, 0.717) is 22.0 Å². The molecule has 156 valence electrons. The lowest BCUT2D eigenvalue weighted by atomic mass is 10.0. The Kier molecular flexibility index (Phi) is 6.04. The number of rotatable bonds is 6. The van der Waals surface area contributed by atoms with Crippen LogP contribution in [0.15, 0.2) is 66.9 Å². The molecule has 0 aliphatic heterocycles. The molecule has 0 aliphatic carbocycles. The van der Waals surface area contributed by atoms with Crippen molar-refractivity contribution >= 4 is 29.1 Å². The molecule has 7 heteroatoms. The number of benzene rings is 2. The first kappa shape index (κ1) is 20.7. The van der Waals surface area contributed by atoms with Crippen molar-refractivity contribution in [2.45, 2.75) is 13.0 Å². The molecule has 5 nitrogen and oxygen atoms in total. The van der Waals surface area contributed by atoms with E-state index in [9.17, 15) is 9.18 Å². The van der Waals surface area contributed by atoms with Gasteiger partial charge in [-0.2, -0.15) is 0 Å². The van der Waals surface area contributed by atoms with Gasteiger partial charge in [-0.05, 0) is 41.3 Å². The number of methoxy groups -OCH3 is 1. The number of hydrogen-bond acceptors (Lipinski definition) is 5. The van der Waals surface area contributed by atoms with Crippen LogP contribution in [0.4, 0.5) is 4.39 Å². The third-order valence-corrected chi connectivity index (χ3v) is 5.13. The second kappa shape index (κ2) is 9.06. The molecule has 0 atom stereocenters. The van der Waals surface area contributed by atoms with E-state index in [1.165, 1.54) is 19.2 Å². The number of aromatic amines is 1. The maximum atomic E-state index is 13.2. The number of ether oxygens (including phenoxy) is 2. The lowest BCUT2D eigenvalue weighted by Crippen LogP contribution is -2.10. The third-order valence-electron chi connectivity index (χ3n) is 4.81. The zero-order valence-corrected chi connectivity index (χ0v) is 17.5. The predicted octanol–water partition coefficient (Wildman–Crippen LogP) is 5.39. The fourth-order valence-electron chi connectivity index (χ4n) is 3.27. The van der Waals surface area contributed by atoms with Crippen LogP contribution in [-0.2, 0) is 17.8 Å². The summed E-state index contributed by atoms with van der Waals surface area (Å²) in [5, 5.41) is 0.658. The lowest BCUT2D eigenvalue weighted by molar-refractivity contribution is 0.0588. The van der Waals surface area contributed by atoms with Crippen LogP contribution < -0.4 is 4.74 Å². The number of esters is 1. The van der Waals surface area contributed by atoms with E-state index in [1.54, 1.807) is 18.3 Å². The molecule has 0 aliphatic rings. The monoisotopic (exact) mass is 434 g/mol. The van der Waals surface area contributed by atoms with E-state index < -0.39 is 5.97 Å². The molecular weight excluding hydrogens is 415 g/mol. The molecular formula is C24H19FN2O3S. The van der Waals surface area contributed by atoms with Crippen molar-refractivity contribution in [3.05, 3.63) is 99.7 Å². The van der Waals surface area contributed by atoms with Gasteiger partial charge in [-0.3, -0.25) is 4.98 Å². The Labute approximate surface area is 183 Å². The Hall–Kier alpha value is -3.58. The minimum absolute atomic E-state index is 0.120. The largest absolute Gasteiger partial charge is 0.484 e. The van der Waals surface area contributed by atoms with Gasteiger partial charge < -0.3 is 14.5 Å². The summed E-state index contributed by atoms with van der Waals surface area (Å²) < 4.78 is 24.4. The van der Waals surface area contributed by atoms with Crippen LogP contribution in [0.25, 0.3) is 10.9 Å². The van der Waals surface area contributed by atoms with Gasteiger partial charge in [0.25, 0.3) is 0 Å². The third kappa shape index (κ3) is 4.62. The van der Waals surface area contributed by atoms with Crippen molar-refractivity contribution in [2.75, 3.05) is 7.11 Å². The van der Waals surface area contributed by atoms with Crippen LogP contribution in [0.3, 0.4) is 0 Å². The highest BCUT2D eigenvalue weighted by atomic mass is 32.1. The number of fused-ring (bicyclic) bond motifs is 1. The van der Waals surface area contributed by atoms with Gasteiger partial charge in [-0.15, -0.1) is 0 Å². The number of nitrogens with one attached hydrogen (secondary N) is 1. The van der Waals surface area contributed by atoms with Crippen molar-refractivity contribution < 1.29 is 18.7 Å². The molecule has 4 aromatic rings. The number of carbonyl (C=O) groups is 1. The van der Waals surface area contributed by atoms with Gasteiger partial charge in [0.05, 0.1) is 7.11 Å². The second-order valence-corrected chi connectivity index (χ2v) is 7.38. The second-order valence-electron chi connectivity index (χ2n) is 6.97. The van der Waals surface area contributed by atoms with Crippen molar-refractivity contribution in [3.8, 4) is 5.75 Å². The maximum Gasteiger partial charge on any atom is 0.358 e. The van der Waals surface area contributed by atoms with E-state index >= 15 is 0 Å². The van der Waals surface area contributed by atoms with Crippen molar-refractivity contribution in [3.63, 3.8) is 0 Å². The molecule has 0 saturated carbocycles. The summed E-state index contributed by atoms with van der Waals surface area (Å²) in [6.07, 6.45) is 2.27. The number of carbonyl (C=O) groups excluding carboxylic acids is 1. The van der Waals surface area contributed by atoms with Crippen molar-refractivity contribution in [1.82, 2.24) is 9.97 Å². The van der Waals surface area contributed by atoms with Crippen LogP contribution in [-0.4, -0.2) is 23.0 Å². The SMILES string of the molecule is COC(=O)c1[nH]c(=S)c2cc(Cc3ccc(F)cc3)cnc2c1OCc1ccccc1. The van der Waals surface area contributed by atoms with E-state index in [1.807, 2.05) is 36.4 Å². The van der Waals surface area contributed by atoms with Gasteiger partial charge in [0.2, 0.25) is 0 Å². The standard InChI is InChI=1S/C24H19FN2O3S/c1-29-24(28)21-22(30-14-16-5-3-2-4-6-16)20-19(23(31)27-21)12-17(13-26-20)11-15-7-9-18(25)10-8-15/h2-10,12-13H,11,14H2,1H3,(H,27,31). The first-order chi connectivity index (χ1) is 15.0. The highest BCUT2D eigenvalue weighted by Crippen LogP contribution is 2.30. The topological polar surface area (TPSA) is 64.2 Å².